The van der Waals surface area contributed by atoms with Crippen LogP contribution < -0.4 is 15.8 Å². The Morgan fingerprint density at radius 2 is 1.97 bits per heavy atom. The van der Waals surface area contributed by atoms with E-state index in [2.05, 4.69) is 15.3 Å². The molecule has 0 bridgehead atoms. The van der Waals surface area contributed by atoms with E-state index >= 15 is 0 Å². The predicted molar refractivity (Wildman–Crippen MR) is 112 cm³/mol. The fourth-order valence-corrected chi connectivity index (χ4v) is 3.75. The van der Waals surface area contributed by atoms with Crippen molar-refractivity contribution < 1.29 is 9.53 Å². The zero-order valence-electron chi connectivity index (χ0n) is 16.5. The van der Waals surface area contributed by atoms with Crippen LogP contribution in [-0.4, -0.2) is 53.1 Å². The van der Waals surface area contributed by atoms with E-state index in [1.807, 2.05) is 32.0 Å². The number of nitrogens with two attached hydrogens (primary N) is 1. The Morgan fingerprint density at radius 1 is 1.24 bits per heavy atom. The SMILES string of the molecule is Cc1nc(C2=C(N)CN(C(=O)c3ccccc3OC3CCNC3)C2)nc(C)c1Cl. The fourth-order valence-electron chi connectivity index (χ4n) is 3.67. The van der Waals surface area contributed by atoms with E-state index in [1.54, 1.807) is 11.0 Å². The highest BCUT2D eigenvalue weighted by Gasteiger charge is 2.30. The Bertz CT molecular complexity index is 962. The van der Waals surface area contributed by atoms with E-state index in [1.165, 1.54) is 0 Å². The summed E-state index contributed by atoms with van der Waals surface area (Å²) in [5.74, 6) is 1.01. The molecule has 152 valence electrons. The maximum Gasteiger partial charge on any atom is 0.258 e. The molecule has 0 aliphatic carbocycles. The fraction of sp³-hybridized carbons (Fsp3) is 0.381. The Kier molecular flexibility index (Phi) is 5.43. The van der Waals surface area contributed by atoms with Crippen molar-refractivity contribution in [1.29, 1.82) is 0 Å². The lowest BCUT2D eigenvalue weighted by atomic mass is 10.1. The van der Waals surface area contributed by atoms with Gasteiger partial charge in [0.2, 0.25) is 0 Å². The van der Waals surface area contributed by atoms with Crippen molar-refractivity contribution in [3.05, 3.63) is 57.8 Å². The summed E-state index contributed by atoms with van der Waals surface area (Å²) in [6, 6.07) is 7.36. The van der Waals surface area contributed by atoms with Crippen LogP contribution in [-0.2, 0) is 0 Å². The zero-order valence-corrected chi connectivity index (χ0v) is 17.3. The van der Waals surface area contributed by atoms with Crippen LogP contribution in [0.15, 0.2) is 30.0 Å². The molecule has 2 aliphatic rings. The van der Waals surface area contributed by atoms with Crippen LogP contribution >= 0.6 is 11.6 Å². The van der Waals surface area contributed by atoms with Crippen molar-refractivity contribution >= 4 is 23.1 Å². The van der Waals surface area contributed by atoms with Crippen LogP contribution in [0.4, 0.5) is 0 Å². The highest BCUT2D eigenvalue weighted by atomic mass is 35.5. The number of nitrogens with one attached hydrogen (secondary N) is 1. The van der Waals surface area contributed by atoms with Gasteiger partial charge < -0.3 is 20.7 Å². The molecule has 0 saturated carbocycles. The number of nitrogens with zero attached hydrogens (tertiary/aromatic N) is 3. The highest BCUT2D eigenvalue weighted by Crippen LogP contribution is 2.28. The molecule has 29 heavy (non-hydrogen) atoms. The van der Waals surface area contributed by atoms with Crippen LogP contribution in [0.3, 0.4) is 0 Å². The van der Waals surface area contributed by atoms with Crippen molar-refractivity contribution in [3.63, 3.8) is 0 Å². The smallest absolute Gasteiger partial charge is 0.258 e. The summed E-state index contributed by atoms with van der Waals surface area (Å²) in [5.41, 5.74) is 9.55. The molecule has 7 nitrogen and oxygen atoms in total. The molecule has 1 atom stereocenters. The molecule has 1 aromatic carbocycles. The molecule has 1 aromatic heterocycles. The molecule has 3 N–H and O–H groups in total. The van der Waals surface area contributed by atoms with Gasteiger partial charge in [-0.25, -0.2) is 9.97 Å². The number of ether oxygens (including phenoxy) is 1. The van der Waals surface area contributed by atoms with Crippen molar-refractivity contribution in [2.45, 2.75) is 26.4 Å². The van der Waals surface area contributed by atoms with Gasteiger partial charge in [-0.1, -0.05) is 23.7 Å². The van der Waals surface area contributed by atoms with Crippen molar-refractivity contribution in [2.75, 3.05) is 26.2 Å². The van der Waals surface area contributed by atoms with Crippen molar-refractivity contribution in [1.82, 2.24) is 20.2 Å². The summed E-state index contributed by atoms with van der Waals surface area (Å²) >= 11 is 6.18. The summed E-state index contributed by atoms with van der Waals surface area (Å²) in [6.07, 6.45) is 1.01. The number of para-hydroxylation sites is 1. The van der Waals surface area contributed by atoms with E-state index in [4.69, 9.17) is 22.1 Å². The summed E-state index contributed by atoms with van der Waals surface area (Å²) in [6.45, 7) is 6.07. The van der Waals surface area contributed by atoms with Gasteiger partial charge in [0.1, 0.15) is 11.9 Å². The van der Waals surface area contributed by atoms with E-state index < -0.39 is 0 Å². The van der Waals surface area contributed by atoms with E-state index in [9.17, 15) is 4.79 Å². The van der Waals surface area contributed by atoms with Gasteiger partial charge in [0.25, 0.3) is 5.91 Å². The Morgan fingerprint density at radius 3 is 2.66 bits per heavy atom. The third-order valence-electron chi connectivity index (χ3n) is 5.26. The summed E-state index contributed by atoms with van der Waals surface area (Å²) in [4.78, 5) is 23.9. The highest BCUT2D eigenvalue weighted by molar-refractivity contribution is 6.31. The molecule has 1 fully saturated rings. The number of aromatic nitrogens is 2. The molecular formula is C21H24ClN5O2. The number of benzene rings is 1. The van der Waals surface area contributed by atoms with Gasteiger partial charge in [0.15, 0.2) is 5.82 Å². The van der Waals surface area contributed by atoms with Gasteiger partial charge >= 0.3 is 0 Å². The van der Waals surface area contributed by atoms with Crippen molar-refractivity contribution in [2.24, 2.45) is 5.73 Å². The number of amides is 1. The second kappa shape index (κ2) is 8.00. The third kappa shape index (κ3) is 3.93. The number of hydrogen-bond donors (Lipinski definition) is 2. The first-order chi connectivity index (χ1) is 13.9. The first kappa shape index (κ1) is 19.7. The van der Waals surface area contributed by atoms with Gasteiger partial charge in [-0.3, -0.25) is 4.79 Å². The minimum absolute atomic E-state index is 0.0784. The number of carbonyl (C=O) groups is 1. The Labute approximate surface area is 174 Å². The molecule has 0 spiro atoms. The molecular weight excluding hydrogens is 390 g/mol. The van der Waals surface area contributed by atoms with Crippen LogP contribution in [0, 0.1) is 13.8 Å². The minimum atomic E-state index is -0.119. The quantitative estimate of drug-likeness (QED) is 0.798. The maximum absolute atomic E-state index is 13.2. The van der Waals surface area contributed by atoms with Gasteiger partial charge in [-0.2, -0.15) is 0 Å². The summed E-state index contributed by atoms with van der Waals surface area (Å²) in [5, 5.41) is 3.82. The molecule has 1 saturated heterocycles. The second-order valence-corrected chi connectivity index (χ2v) is 7.80. The normalized spacial score (nSPS) is 19.1. The van der Waals surface area contributed by atoms with Gasteiger partial charge in [0, 0.05) is 17.8 Å². The third-order valence-corrected chi connectivity index (χ3v) is 5.81. The predicted octanol–water partition coefficient (Wildman–Crippen LogP) is 2.31. The van der Waals surface area contributed by atoms with E-state index in [-0.39, 0.29) is 12.0 Å². The summed E-state index contributed by atoms with van der Waals surface area (Å²) < 4.78 is 6.08. The topological polar surface area (TPSA) is 93.4 Å². The molecule has 3 heterocycles. The number of halogens is 1. The van der Waals surface area contributed by atoms with Crippen LogP contribution in [0.5, 0.6) is 5.75 Å². The van der Waals surface area contributed by atoms with E-state index in [0.29, 0.717) is 52.3 Å². The molecule has 0 radical (unpaired) electrons. The Hall–Kier alpha value is -2.64. The lowest BCUT2D eigenvalue weighted by Crippen LogP contribution is -2.31. The number of aryl methyl sites for hydroxylation is 2. The second-order valence-electron chi connectivity index (χ2n) is 7.43. The van der Waals surface area contributed by atoms with Crippen molar-refractivity contribution in [3.8, 4) is 5.75 Å². The number of rotatable bonds is 4. The monoisotopic (exact) mass is 413 g/mol. The first-order valence-corrected chi connectivity index (χ1v) is 10.1. The van der Waals surface area contributed by atoms with Gasteiger partial charge in [0.05, 0.1) is 35.1 Å². The average Bonchev–Trinajstić information content (AvgIpc) is 3.35. The maximum atomic E-state index is 13.2. The molecule has 1 unspecified atom stereocenters. The van der Waals surface area contributed by atoms with E-state index in [0.717, 1.165) is 25.1 Å². The standard InChI is InChI=1S/C21H24ClN5O2/c1-12-19(22)13(2)26-20(25-12)16-10-27(11-17(16)23)21(28)15-5-3-4-6-18(15)29-14-7-8-24-9-14/h3-6,14,24H,7-11,23H2,1-2H3. The lowest BCUT2D eigenvalue weighted by molar-refractivity contribution is 0.0792. The first-order valence-electron chi connectivity index (χ1n) is 9.68. The molecule has 2 aliphatic heterocycles. The van der Waals surface area contributed by atoms with Gasteiger partial charge in [-0.15, -0.1) is 0 Å². The average molecular weight is 414 g/mol. The van der Waals surface area contributed by atoms with Crippen LogP contribution in [0.25, 0.3) is 5.57 Å². The van der Waals surface area contributed by atoms with Crippen LogP contribution in [0.1, 0.15) is 34.0 Å². The molecule has 4 rings (SSSR count). The number of hydrogen-bond acceptors (Lipinski definition) is 6. The van der Waals surface area contributed by atoms with Crippen LogP contribution in [0.2, 0.25) is 5.02 Å². The summed E-state index contributed by atoms with van der Waals surface area (Å²) in [7, 11) is 0. The van der Waals surface area contributed by atoms with Gasteiger partial charge in [-0.05, 0) is 38.9 Å². The molecule has 8 heteroatoms. The molecule has 2 aromatic rings. The number of carbonyl (C=O) groups excluding carboxylic acids is 1. The lowest BCUT2D eigenvalue weighted by Gasteiger charge is -2.20. The Balaban J connectivity index is 1.55. The zero-order chi connectivity index (χ0) is 20.5. The minimum Gasteiger partial charge on any atom is -0.488 e. The largest absolute Gasteiger partial charge is 0.488 e. The molecule has 1 amide bonds.